The molecule has 0 fully saturated rings. The number of carbonyl (C=O) groups excluding carboxylic acids is 1. The van der Waals surface area contributed by atoms with Crippen LogP contribution in [0.25, 0.3) is 0 Å². The lowest BCUT2D eigenvalue weighted by molar-refractivity contribution is 0.0991. The van der Waals surface area contributed by atoms with Gasteiger partial charge in [0.1, 0.15) is 11.1 Å². The summed E-state index contributed by atoms with van der Waals surface area (Å²) in [6.07, 6.45) is 0.972. The van der Waals surface area contributed by atoms with Gasteiger partial charge >= 0.3 is 0 Å². The maximum atomic E-state index is 13.1. The number of hydrogen-bond acceptors (Lipinski definition) is 3. The number of aryl methyl sites for hydroxylation is 1. The number of carbonyl (C=O) groups is 1. The summed E-state index contributed by atoms with van der Waals surface area (Å²) in [5, 5.41) is -1.27. The van der Waals surface area contributed by atoms with Gasteiger partial charge in [-0.1, -0.05) is 11.6 Å². The molecule has 0 radical (unpaired) electrons. The number of halogens is 2. The molecule has 0 saturated carbocycles. The lowest BCUT2D eigenvalue weighted by Crippen LogP contribution is -2.26. The molecule has 0 aromatic heterocycles. The van der Waals surface area contributed by atoms with Crippen LogP contribution in [0.15, 0.2) is 12.1 Å². The van der Waals surface area contributed by atoms with Crippen molar-refractivity contribution < 1.29 is 17.6 Å². The Morgan fingerprint density at radius 1 is 1.41 bits per heavy atom. The minimum atomic E-state index is -3.49. The first-order valence-corrected chi connectivity index (χ1v) is 7.16. The maximum absolute atomic E-state index is 13.1. The van der Waals surface area contributed by atoms with Crippen LogP contribution in [0, 0.1) is 12.7 Å². The number of benzene rings is 1. The molecule has 94 valence electrons. The van der Waals surface area contributed by atoms with E-state index in [-0.39, 0.29) is 16.1 Å². The quantitative estimate of drug-likeness (QED) is 0.798. The summed E-state index contributed by atoms with van der Waals surface area (Å²) >= 11 is 5.73. The molecule has 0 aliphatic carbocycles. The van der Waals surface area contributed by atoms with Crippen molar-refractivity contribution in [3.05, 3.63) is 34.1 Å². The van der Waals surface area contributed by atoms with Crippen LogP contribution in [-0.2, 0) is 9.84 Å². The zero-order valence-corrected chi connectivity index (χ0v) is 11.2. The third-order valence-corrected chi connectivity index (χ3v) is 4.34. The van der Waals surface area contributed by atoms with Crippen molar-refractivity contribution in [2.75, 3.05) is 6.26 Å². The van der Waals surface area contributed by atoms with Gasteiger partial charge in [-0.25, -0.2) is 12.8 Å². The summed E-state index contributed by atoms with van der Waals surface area (Å²) in [4.78, 5) is 11.9. The van der Waals surface area contributed by atoms with Gasteiger partial charge in [-0.3, -0.25) is 4.79 Å². The van der Waals surface area contributed by atoms with Crippen molar-refractivity contribution in [1.29, 1.82) is 0 Å². The third-order valence-electron chi connectivity index (χ3n) is 2.53. The molecule has 0 amide bonds. The van der Waals surface area contributed by atoms with Gasteiger partial charge in [-0.05, 0) is 31.5 Å². The predicted molar refractivity (Wildman–Crippen MR) is 64.8 cm³/mol. The maximum Gasteiger partial charge on any atom is 0.182 e. The molecule has 0 bridgehead atoms. The van der Waals surface area contributed by atoms with E-state index < -0.39 is 26.7 Å². The van der Waals surface area contributed by atoms with Crippen molar-refractivity contribution in [2.24, 2.45) is 0 Å². The van der Waals surface area contributed by atoms with E-state index >= 15 is 0 Å². The van der Waals surface area contributed by atoms with Crippen molar-refractivity contribution in [1.82, 2.24) is 0 Å². The SMILES string of the molecule is Cc1cc(C(=O)C(C)S(C)(=O)=O)c(Cl)cc1F. The Labute approximate surface area is 105 Å². The number of sulfone groups is 1. The molecule has 0 N–H and O–H groups in total. The third kappa shape index (κ3) is 3.04. The van der Waals surface area contributed by atoms with Crippen molar-refractivity contribution in [2.45, 2.75) is 19.1 Å². The Kier molecular flexibility index (Phi) is 3.94. The Hall–Kier alpha value is -0.940. The zero-order chi connectivity index (χ0) is 13.4. The summed E-state index contributed by atoms with van der Waals surface area (Å²) in [6.45, 7) is 2.76. The standard InChI is InChI=1S/C11H12ClFO3S/c1-6-4-8(9(12)5-10(6)13)11(14)7(2)17(3,15)16/h4-5,7H,1-3H3. The van der Waals surface area contributed by atoms with E-state index in [1.807, 2.05) is 0 Å². The second-order valence-corrected chi connectivity index (χ2v) is 6.69. The summed E-state index contributed by atoms with van der Waals surface area (Å²) in [6, 6.07) is 2.28. The van der Waals surface area contributed by atoms with Gasteiger partial charge in [0.2, 0.25) is 0 Å². The molecule has 17 heavy (non-hydrogen) atoms. The first-order valence-electron chi connectivity index (χ1n) is 4.83. The molecule has 1 aromatic rings. The largest absolute Gasteiger partial charge is 0.293 e. The number of ketones is 1. The Balaban J connectivity index is 3.27. The second kappa shape index (κ2) is 4.74. The van der Waals surface area contributed by atoms with E-state index in [0.717, 1.165) is 12.3 Å². The van der Waals surface area contributed by atoms with E-state index in [2.05, 4.69) is 0 Å². The van der Waals surface area contributed by atoms with Crippen molar-refractivity contribution in [3.8, 4) is 0 Å². The molecule has 0 aliphatic rings. The molecular weight excluding hydrogens is 267 g/mol. The molecule has 0 heterocycles. The Morgan fingerprint density at radius 3 is 2.41 bits per heavy atom. The fourth-order valence-electron chi connectivity index (χ4n) is 1.26. The van der Waals surface area contributed by atoms with Crippen molar-refractivity contribution in [3.63, 3.8) is 0 Å². The van der Waals surface area contributed by atoms with E-state index in [1.54, 1.807) is 0 Å². The molecule has 0 saturated heterocycles. The van der Waals surface area contributed by atoms with Crippen LogP contribution in [0.1, 0.15) is 22.8 Å². The van der Waals surface area contributed by atoms with Gasteiger partial charge in [0.05, 0.1) is 5.02 Å². The summed E-state index contributed by atoms with van der Waals surface area (Å²) in [7, 11) is -3.49. The summed E-state index contributed by atoms with van der Waals surface area (Å²) in [5.74, 6) is -1.15. The first kappa shape index (κ1) is 14.1. The van der Waals surface area contributed by atoms with Crippen LogP contribution in [0.3, 0.4) is 0 Å². The van der Waals surface area contributed by atoms with Crippen LogP contribution < -0.4 is 0 Å². The molecular formula is C11H12ClFO3S. The second-order valence-electron chi connectivity index (χ2n) is 3.92. The molecule has 1 atom stereocenters. The van der Waals surface area contributed by atoms with Gasteiger partial charge in [-0.2, -0.15) is 0 Å². The van der Waals surface area contributed by atoms with Crippen LogP contribution in [-0.4, -0.2) is 25.7 Å². The molecule has 0 spiro atoms. The predicted octanol–water partition coefficient (Wildman–Crippen LogP) is 2.40. The number of Topliss-reactive ketones (excluding diaryl/α,β-unsaturated/α-hetero) is 1. The fraction of sp³-hybridized carbons (Fsp3) is 0.364. The van der Waals surface area contributed by atoms with Gasteiger partial charge in [0, 0.05) is 11.8 Å². The van der Waals surface area contributed by atoms with Gasteiger partial charge in [0.25, 0.3) is 0 Å². The van der Waals surface area contributed by atoms with Gasteiger partial charge in [0.15, 0.2) is 15.6 Å². The highest BCUT2D eigenvalue weighted by Gasteiger charge is 2.26. The Bertz CT molecular complexity index is 566. The average Bonchev–Trinajstić information content (AvgIpc) is 2.20. The zero-order valence-electron chi connectivity index (χ0n) is 9.62. The van der Waals surface area contributed by atoms with Crippen LogP contribution >= 0.6 is 11.6 Å². The summed E-state index contributed by atoms with van der Waals surface area (Å²) < 4.78 is 35.7. The van der Waals surface area contributed by atoms with E-state index in [4.69, 9.17) is 11.6 Å². The summed E-state index contributed by atoms with van der Waals surface area (Å²) in [5.41, 5.74) is 0.280. The highest BCUT2D eigenvalue weighted by molar-refractivity contribution is 7.92. The van der Waals surface area contributed by atoms with Crippen LogP contribution in [0.5, 0.6) is 0 Å². The van der Waals surface area contributed by atoms with Crippen LogP contribution in [0.4, 0.5) is 4.39 Å². The fourth-order valence-corrected chi connectivity index (χ4v) is 2.02. The van der Waals surface area contributed by atoms with E-state index in [9.17, 15) is 17.6 Å². The van der Waals surface area contributed by atoms with Gasteiger partial charge < -0.3 is 0 Å². The first-order chi connectivity index (χ1) is 7.64. The lowest BCUT2D eigenvalue weighted by atomic mass is 10.1. The normalized spacial score (nSPS) is 13.5. The van der Waals surface area contributed by atoms with E-state index in [1.165, 1.54) is 19.9 Å². The molecule has 0 aliphatic heterocycles. The number of rotatable bonds is 3. The number of hydrogen-bond donors (Lipinski definition) is 0. The molecule has 1 unspecified atom stereocenters. The monoisotopic (exact) mass is 278 g/mol. The molecule has 1 rings (SSSR count). The topological polar surface area (TPSA) is 51.2 Å². The highest BCUT2D eigenvalue weighted by Crippen LogP contribution is 2.23. The molecule has 1 aromatic carbocycles. The Morgan fingerprint density at radius 2 is 1.94 bits per heavy atom. The van der Waals surface area contributed by atoms with Crippen LogP contribution in [0.2, 0.25) is 5.02 Å². The molecule has 6 heteroatoms. The van der Waals surface area contributed by atoms with Crippen molar-refractivity contribution >= 4 is 27.2 Å². The minimum absolute atomic E-state index is 0.0310. The minimum Gasteiger partial charge on any atom is -0.293 e. The molecule has 3 nitrogen and oxygen atoms in total. The smallest absolute Gasteiger partial charge is 0.182 e. The lowest BCUT2D eigenvalue weighted by Gasteiger charge is -2.10. The highest BCUT2D eigenvalue weighted by atomic mass is 35.5. The van der Waals surface area contributed by atoms with E-state index in [0.29, 0.717) is 0 Å². The average molecular weight is 279 g/mol. The van der Waals surface area contributed by atoms with Gasteiger partial charge in [-0.15, -0.1) is 0 Å².